The van der Waals surface area contributed by atoms with Crippen LogP contribution in [0.15, 0.2) is 45.8 Å². The van der Waals surface area contributed by atoms with Crippen LogP contribution in [-0.2, 0) is 22.7 Å². The van der Waals surface area contributed by atoms with Crippen LogP contribution in [-0.4, -0.2) is 54.6 Å². The summed E-state index contributed by atoms with van der Waals surface area (Å²) in [6.45, 7) is 10.3. The van der Waals surface area contributed by atoms with Gasteiger partial charge in [-0.25, -0.2) is 4.39 Å². The minimum atomic E-state index is -0.350. The van der Waals surface area contributed by atoms with E-state index in [-0.39, 0.29) is 42.2 Å². The molecule has 3 atom stereocenters. The van der Waals surface area contributed by atoms with Gasteiger partial charge in [0.1, 0.15) is 31.1 Å². The van der Waals surface area contributed by atoms with E-state index in [1.54, 1.807) is 12.1 Å². The summed E-state index contributed by atoms with van der Waals surface area (Å²) in [5, 5.41) is 0. The second-order valence-electron chi connectivity index (χ2n) is 11.2. The van der Waals surface area contributed by atoms with Crippen LogP contribution < -0.4 is 10.2 Å². The largest absolute Gasteiger partial charge is 0.482 e. The van der Waals surface area contributed by atoms with Crippen LogP contribution in [0.3, 0.4) is 0 Å². The van der Waals surface area contributed by atoms with Crippen molar-refractivity contribution in [1.82, 2.24) is 9.80 Å². The minimum Gasteiger partial charge on any atom is -0.482 e. The lowest BCUT2D eigenvalue weighted by atomic mass is 9.75. The van der Waals surface area contributed by atoms with Gasteiger partial charge in [0.25, 0.3) is 0 Å². The lowest BCUT2D eigenvalue weighted by Crippen LogP contribution is -2.40. The predicted molar refractivity (Wildman–Crippen MR) is 143 cm³/mol. The first-order chi connectivity index (χ1) is 18.3. The average Bonchev–Trinajstić information content (AvgIpc) is 3.12. The van der Waals surface area contributed by atoms with Crippen molar-refractivity contribution in [3.05, 3.63) is 64.0 Å². The second-order valence-corrected chi connectivity index (χ2v) is 11.2. The lowest BCUT2D eigenvalue weighted by molar-refractivity contribution is -0.141. The van der Waals surface area contributed by atoms with E-state index in [1.807, 2.05) is 4.90 Å². The molecule has 0 bridgehead atoms. The van der Waals surface area contributed by atoms with E-state index in [0.29, 0.717) is 55.3 Å². The Morgan fingerprint density at radius 1 is 1.16 bits per heavy atom. The molecule has 1 aromatic heterocycles. The van der Waals surface area contributed by atoms with Crippen LogP contribution in [0.2, 0.25) is 0 Å². The van der Waals surface area contributed by atoms with Crippen LogP contribution in [0.1, 0.15) is 57.8 Å². The normalized spacial score (nSPS) is 22.9. The molecule has 1 amide bonds. The number of nitrogens with zero attached hydrogens (tertiary/aromatic N) is 2. The molecule has 1 saturated carbocycles. The fourth-order valence-corrected chi connectivity index (χ4v) is 5.59. The predicted octanol–water partition coefficient (Wildman–Crippen LogP) is 4.87. The molecule has 2 aromatic rings. The van der Waals surface area contributed by atoms with E-state index in [0.717, 1.165) is 19.4 Å². The third-order valence-corrected chi connectivity index (χ3v) is 7.84. The van der Waals surface area contributed by atoms with Gasteiger partial charge in [0.15, 0.2) is 0 Å². The number of ether oxygens (including phenoxy) is 2. The number of carbonyl (C=O) groups is 1. The van der Waals surface area contributed by atoms with Gasteiger partial charge in [-0.2, -0.15) is 0 Å². The van der Waals surface area contributed by atoms with Crippen molar-refractivity contribution in [1.29, 1.82) is 0 Å². The van der Waals surface area contributed by atoms with Crippen molar-refractivity contribution in [3.63, 3.8) is 0 Å². The summed E-state index contributed by atoms with van der Waals surface area (Å²) in [5.41, 5.74) is 0.360. The lowest BCUT2D eigenvalue weighted by Gasteiger charge is -2.37. The maximum Gasteiger partial charge on any atom is 0.248 e. The van der Waals surface area contributed by atoms with Crippen LogP contribution in [0.4, 0.5) is 4.39 Å². The van der Waals surface area contributed by atoms with Crippen molar-refractivity contribution in [2.24, 2.45) is 17.8 Å². The van der Waals surface area contributed by atoms with Gasteiger partial charge in [-0.1, -0.05) is 39.3 Å². The van der Waals surface area contributed by atoms with Gasteiger partial charge in [-0.05, 0) is 54.7 Å². The Labute approximate surface area is 224 Å². The Morgan fingerprint density at radius 3 is 2.76 bits per heavy atom. The standard InChI is InChI=1S/C30H41FN2O5/c1-21(2)26-9-8-22(3)14-28(26)38-20-30(35)33-11-5-10-32(12-13-33)17-25-16-27(34)29(19-36-25)37-18-23-6-4-7-24(31)15-23/h4,6-7,15-16,19,21-22,26,28H,5,8-14,17-18,20H2,1-3H3/t22-,26+,28-/m1/s1. The Hall–Kier alpha value is -2.71. The Morgan fingerprint density at radius 2 is 2.00 bits per heavy atom. The number of rotatable bonds is 9. The molecule has 2 fully saturated rings. The zero-order valence-electron chi connectivity index (χ0n) is 22.9. The molecule has 1 aliphatic carbocycles. The molecular formula is C30H41FN2O5. The van der Waals surface area contributed by atoms with Crippen molar-refractivity contribution in [3.8, 4) is 5.75 Å². The zero-order chi connectivity index (χ0) is 27.1. The molecule has 0 unspecified atom stereocenters. The van der Waals surface area contributed by atoms with Gasteiger partial charge in [0.05, 0.1) is 12.6 Å². The highest BCUT2D eigenvalue weighted by Gasteiger charge is 2.32. The number of hydrogen-bond acceptors (Lipinski definition) is 6. The minimum absolute atomic E-state index is 0.0545. The summed E-state index contributed by atoms with van der Waals surface area (Å²) in [4.78, 5) is 29.6. The molecule has 208 valence electrons. The SMILES string of the molecule is CC(C)[C@@H]1CC[C@@H](C)C[C@H]1OCC(=O)N1CCCN(Cc2cc(=O)c(OCc3cccc(F)c3)co2)CC1. The van der Waals surface area contributed by atoms with Crippen LogP contribution in [0, 0.1) is 23.6 Å². The van der Waals surface area contributed by atoms with Crippen LogP contribution in [0.5, 0.6) is 5.75 Å². The van der Waals surface area contributed by atoms with E-state index in [1.165, 1.54) is 37.3 Å². The van der Waals surface area contributed by atoms with Gasteiger partial charge in [-0.3, -0.25) is 14.5 Å². The number of amides is 1. The van der Waals surface area contributed by atoms with Crippen LogP contribution in [0.25, 0.3) is 0 Å². The van der Waals surface area contributed by atoms with Gasteiger partial charge in [0, 0.05) is 32.2 Å². The van der Waals surface area contributed by atoms with E-state index in [2.05, 4.69) is 25.7 Å². The zero-order valence-corrected chi connectivity index (χ0v) is 22.9. The summed E-state index contributed by atoms with van der Waals surface area (Å²) in [6.07, 6.45) is 5.77. The van der Waals surface area contributed by atoms with Gasteiger partial charge in [-0.15, -0.1) is 0 Å². The highest BCUT2D eigenvalue weighted by molar-refractivity contribution is 5.77. The maximum atomic E-state index is 13.3. The van der Waals surface area contributed by atoms with E-state index < -0.39 is 0 Å². The molecule has 1 saturated heterocycles. The second kappa shape index (κ2) is 13.4. The fraction of sp³-hybridized carbons (Fsp3) is 0.600. The molecule has 1 aliphatic heterocycles. The first kappa shape index (κ1) is 28.3. The monoisotopic (exact) mass is 528 g/mol. The molecule has 0 N–H and O–H groups in total. The van der Waals surface area contributed by atoms with Gasteiger partial charge < -0.3 is 18.8 Å². The number of benzene rings is 1. The third-order valence-electron chi connectivity index (χ3n) is 7.84. The highest BCUT2D eigenvalue weighted by Crippen LogP contribution is 2.35. The van der Waals surface area contributed by atoms with E-state index in [9.17, 15) is 14.0 Å². The Kier molecular flexibility index (Phi) is 9.97. The molecule has 4 rings (SSSR count). The summed E-state index contributed by atoms with van der Waals surface area (Å²) in [5.74, 6) is 2.07. The smallest absolute Gasteiger partial charge is 0.248 e. The molecular weight excluding hydrogens is 487 g/mol. The quantitative estimate of drug-likeness (QED) is 0.463. The first-order valence-electron chi connectivity index (χ1n) is 13.9. The number of carbonyl (C=O) groups excluding carboxylic acids is 1. The number of hydrogen-bond donors (Lipinski definition) is 0. The highest BCUT2D eigenvalue weighted by atomic mass is 19.1. The van der Waals surface area contributed by atoms with E-state index >= 15 is 0 Å². The molecule has 0 radical (unpaired) electrons. The summed E-state index contributed by atoms with van der Waals surface area (Å²) in [6, 6.07) is 7.50. The first-order valence-corrected chi connectivity index (χ1v) is 13.9. The van der Waals surface area contributed by atoms with Crippen molar-refractivity contribution in [2.75, 3.05) is 32.8 Å². The van der Waals surface area contributed by atoms with Crippen molar-refractivity contribution >= 4 is 5.91 Å². The van der Waals surface area contributed by atoms with Gasteiger partial charge in [0.2, 0.25) is 17.1 Å². The maximum absolute atomic E-state index is 13.3. The van der Waals surface area contributed by atoms with Gasteiger partial charge >= 0.3 is 0 Å². The van der Waals surface area contributed by atoms with Crippen LogP contribution >= 0.6 is 0 Å². The fourth-order valence-electron chi connectivity index (χ4n) is 5.59. The molecule has 0 spiro atoms. The third kappa shape index (κ3) is 7.90. The van der Waals surface area contributed by atoms with E-state index in [4.69, 9.17) is 13.9 Å². The Balaban J connectivity index is 1.24. The number of halogens is 1. The van der Waals surface area contributed by atoms with Crippen molar-refractivity contribution in [2.45, 2.75) is 65.7 Å². The summed E-state index contributed by atoms with van der Waals surface area (Å²) < 4.78 is 30.7. The van der Waals surface area contributed by atoms with Crippen molar-refractivity contribution < 1.29 is 23.1 Å². The molecule has 2 aliphatic rings. The Bertz CT molecular complexity index is 1120. The molecule has 8 heteroatoms. The molecule has 38 heavy (non-hydrogen) atoms. The molecule has 2 heterocycles. The average molecular weight is 529 g/mol. The molecule has 1 aromatic carbocycles. The molecule has 7 nitrogen and oxygen atoms in total. The topological polar surface area (TPSA) is 72.2 Å². The summed E-state index contributed by atoms with van der Waals surface area (Å²) in [7, 11) is 0. The summed E-state index contributed by atoms with van der Waals surface area (Å²) >= 11 is 0.